The predicted octanol–water partition coefficient (Wildman–Crippen LogP) is 3.57. The summed E-state index contributed by atoms with van der Waals surface area (Å²) in [6.45, 7) is 3.45. The van der Waals surface area contributed by atoms with Crippen molar-refractivity contribution in [2.24, 2.45) is 0 Å². The minimum absolute atomic E-state index is 0.131. The second kappa shape index (κ2) is 5.46. The zero-order valence-electron chi connectivity index (χ0n) is 11.0. The van der Waals surface area contributed by atoms with Crippen LogP contribution in [0, 0.1) is 13.8 Å². The Morgan fingerprint density at radius 1 is 1.05 bits per heavy atom. The Labute approximate surface area is 126 Å². The molecule has 4 nitrogen and oxygen atoms in total. The predicted molar refractivity (Wildman–Crippen MR) is 82.5 cm³/mol. The van der Waals surface area contributed by atoms with Crippen LogP contribution < -0.4 is 4.72 Å². The van der Waals surface area contributed by atoms with E-state index in [0.717, 1.165) is 0 Å². The van der Waals surface area contributed by atoms with Gasteiger partial charge >= 0.3 is 0 Å². The van der Waals surface area contributed by atoms with E-state index in [2.05, 4.69) is 20.7 Å². The lowest BCUT2D eigenvalue weighted by Gasteiger charge is -2.11. The summed E-state index contributed by atoms with van der Waals surface area (Å²) in [6.07, 6.45) is 0. The molecule has 2 N–H and O–H groups in total. The molecule has 0 aromatic heterocycles. The van der Waals surface area contributed by atoms with Gasteiger partial charge in [0.1, 0.15) is 5.75 Å². The number of benzene rings is 2. The maximum Gasteiger partial charge on any atom is 0.262 e. The molecule has 0 saturated carbocycles. The van der Waals surface area contributed by atoms with Crippen LogP contribution in [-0.4, -0.2) is 13.5 Å². The maximum absolute atomic E-state index is 12.4. The number of hydrogen-bond acceptors (Lipinski definition) is 3. The molecule has 106 valence electrons. The number of aromatic hydroxyl groups is 1. The van der Waals surface area contributed by atoms with E-state index in [9.17, 15) is 13.5 Å². The van der Waals surface area contributed by atoms with E-state index < -0.39 is 10.0 Å². The lowest BCUT2D eigenvalue weighted by molar-refractivity contribution is 0.471. The minimum atomic E-state index is -3.66. The summed E-state index contributed by atoms with van der Waals surface area (Å²) in [5.74, 6) is 0.131. The quantitative estimate of drug-likeness (QED) is 0.827. The van der Waals surface area contributed by atoms with Crippen molar-refractivity contribution in [1.82, 2.24) is 0 Å². The molecule has 0 spiro atoms. The molecule has 0 aliphatic heterocycles. The highest BCUT2D eigenvalue weighted by Crippen LogP contribution is 2.25. The summed E-state index contributed by atoms with van der Waals surface area (Å²) in [5.41, 5.74) is 1.69. The van der Waals surface area contributed by atoms with E-state index in [1.165, 1.54) is 12.1 Å². The summed E-state index contributed by atoms with van der Waals surface area (Å²) in [7, 11) is -3.66. The fourth-order valence-corrected chi connectivity index (χ4v) is 3.63. The summed E-state index contributed by atoms with van der Waals surface area (Å²) in [5, 5.41) is 9.46. The Morgan fingerprint density at radius 2 is 1.75 bits per heavy atom. The molecule has 0 aliphatic rings. The zero-order chi connectivity index (χ0) is 14.9. The number of sulfonamides is 1. The molecule has 0 fully saturated rings. The number of hydrogen-bond donors (Lipinski definition) is 2. The highest BCUT2D eigenvalue weighted by molar-refractivity contribution is 9.10. The monoisotopic (exact) mass is 355 g/mol. The number of halogens is 1. The molecule has 20 heavy (non-hydrogen) atoms. The van der Waals surface area contributed by atoms with E-state index >= 15 is 0 Å². The van der Waals surface area contributed by atoms with Gasteiger partial charge in [-0.1, -0.05) is 22.0 Å². The molecule has 0 heterocycles. The van der Waals surface area contributed by atoms with Crippen molar-refractivity contribution in [2.45, 2.75) is 18.7 Å². The fourth-order valence-electron chi connectivity index (χ4n) is 1.79. The van der Waals surface area contributed by atoms with Crippen molar-refractivity contribution in [3.8, 4) is 5.75 Å². The van der Waals surface area contributed by atoms with E-state index in [1.807, 2.05) is 0 Å². The Hall–Kier alpha value is -1.53. The van der Waals surface area contributed by atoms with Gasteiger partial charge in [0, 0.05) is 10.2 Å². The van der Waals surface area contributed by atoms with Crippen molar-refractivity contribution < 1.29 is 13.5 Å². The van der Waals surface area contributed by atoms with E-state index in [4.69, 9.17) is 0 Å². The summed E-state index contributed by atoms with van der Waals surface area (Å²) < 4.78 is 28.0. The highest BCUT2D eigenvalue weighted by atomic mass is 79.9. The molecular formula is C14H14BrNO3S. The maximum atomic E-state index is 12.4. The van der Waals surface area contributed by atoms with Gasteiger partial charge in [-0.15, -0.1) is 0 Å². The average Bonchev–Trinajstić information content (AvgIpc) is 2.36. The van der Waals surface area contributed by atoms with Crippen LogP contribution in [0.1, 0.15) is 11.1 Å². The molecule has 2 aromatic carbocycles. The third-order valence-electron chi connectivity index (χ3n) is 2.89. The number of phenols is 1. The smallest absolute Gasteiger partial charge is 0.262 e. The van der Waals surface area contributed by atoms with Gasteiger partial charge in [0.05, 0.1) is 4.90 Å². The van der Waals surface area contributed by atoms with Crippen molar-refractivity contribution in [3.05, 3.63) is 52.0 Å². The second-order valence-corrected chi connectivity index (χ2v) is 7.08. The molecule has 0 radical (unpaired) electrons. The Morgan fingerprint density at radius 3 is 2.40 bits per heavy atom. The van der Waals surface area contributed by atoms with Gasteiger partial charge < -0.3 is 5.11 Å². The lowest BCUT2D eigenvalue weighted by Crippen LogP contribution is -2.14. The highest BCUT2D eigenvalue weighted by Gasteiger charge is 2.17. The molecule has 0 unspecified atom stereocenters. The van der Waals surface area contributed by atoms with Gasteiger partial charge in [0.25, 0.3) is 10.0 Å². The molecule has 0 atom stereocenters. The number of aryl methyl sites for hydroxylation is 2. The molecule has 0 saturated heterocycles. The zero-order valence-corrected chi connectivity index (χ0v) is 13.4. The third kappa shape index (κ3) is 3.13. The first-order valence-corrected chi connectivity index (χ1v) is 8.16. The van der Waals surface area contributed by atoms with Crippen LogP contribution in [0.2, 0.25) is 0 Å². The van der Waals surface area contributed by atoms with Crippen molar-refractivity contribution in [1.29, 1.82) is 0 Å². The first-order chi connectivity index (χ1) is 9.29. The lowest BCUT2D eigenvalue weighted by atomic mass is 10.2. The molecule has 0 bridgehead atoms. The van der Waals surface area contributed by atoms with Gasteiger partial charge in [-0.2, -0.15) is 0 Å². The standard InChI is InChI=1S/C14H14BrNO3S/c1-9-3-4-11(15)8-14(9)20(18,19)16-12-5-6-13(17)10(2)7-12/h3-8,16-17H,1-2H3. The van der Waals surface area contributed by atoms with E-state index in [-0.39, 0.29) is 10.6 Å². The number of nitrogens with one attached hydrogen (secondary N) is 1. The largest absolute Gasteiger partial charge is 0.508 e. The minimum Gasteiger partial charge on any atom is -0.508 e. The molecule has 2 aromatic rings. The average molecular weight is 356 g/mol. The SMILES string of the molecule is Cc1cc(NS(=O)(=O)c2cc(Br)ccc2C)ccc1O. The molecule has 6 heteroatoms. The van der Waals surface area contributed by atoms with Crippen LogP contribution in [-0.2, 0) is 10.0 Å². The van der Waals surface area contributed by atoms with Gasteiger partial charge in [-0.3, -0.25) is 4.72 Å². The van der Waals surface area contributed by atoms with Crippen LogP contribution in [0.15, 0.2) is 45.8 Å². The Kier molecular flexibility index (Phi) is 4.06. The van der Waals surface area contributed by atoms with E-state index in [1.54, 1.807) is 38.1 Å². The van der Waals surface area contributed by atoms with Crippen LogP contribution in [0.5, 0.6) is 5.75 Å². The van der Waals surface area contributed by atoms with Crippen LogP contribution in [0.3, 0.4) is 0 Å². The first kappa shape index (κ1) is 14.9. The molecule has 0 amide bonds. The Bertz CT molecular complexity index is 757. The van der Waals surface area contributed by atoms with Crippen LogP contribution in [0.4, 0.5) is 5.69 Å². The summed E-state index contributed by atoms with van der Waals surface area (Å²) in [4.78, 5) is 0.220. The molecule has 0 aliphatic carbocycles. The van der Waals surface area contributed by atoms with Gasteiger partial charge in [0.15, 0.2) is 0 Å². The molecular weight excluding hydrogens is 342 g/mol. The van der Waals surface area contributed by atoms with Gasteiger partial charge in [-0.25, -0.2) is 8.42 Å². The van der Waals surface area contributed by atoms with Crippen LogP contribution >= 0.6 is 15.9 Å². The number of rotatable bonds is 3. The van der Waals surface area contributed by atoms with Crippen LogP contribution in [0.25, 0.3) is 0 Å². The number of phenolic OH excluding ortho intramolecular Hbond substituents is 1. The third-order valence-corrected chi connectivity index (χ3v) is 4.91. The van der Waals surface area contributed by atoms with Gasteiger partial charge in [-0.05, 0) is 55.3 Å². The Balaban J connectivity index is 2.40. The van der Waals surface area contributed by atoms with E-state index in [0.29, 0.717) is 21.3 Å². The number of anilines is 1. The van der Waals surface area contributed by atoms with Gasteiger partial charge in [0.2, 0.25) is 0 Å². The van der Waals surface area contributed by atoms with Crippen molar-refractivity contribution in [2.75, 3.05) is 4.72 Å². The summed E-state index contributed by atoms with van der Waals surface area (Å²) >= 11 is 3.27. The topological polar surface area (TPSA) is 66.4 Å². The van der Waals surface area contributed by atoms with Crippen molar-refractivity contribution in [3.63, 3.8) is 0 Å². The molecule has 2 rings (SSSR count). The normalized spacial score (nSPS) is 11.3. The first-order valence-electron chi connectivity index (χ1n) is 5.88. The fraction of sp³-hybridized carbons (Fsp3) is 0.143. The van der Waals surface area contributed by atoms with Crippen molar-refractivity contribution >= 4 is 31.6 Å². The summed E-state index contributed by atoms with van der Waals surface area (Å²) in [6, 6.07) is 9.65. The second-order valence-electron chi connectivity index (χ2n) is 4.52.